The third-order valence-electron chi connectivity index (χ3n) is 2.73. The van der Waals surface area contributed by atoms with Crippen molar-refractivity contribution < 1.29 is 9.53 Å². The summed E-state index contributed by atoms with van der Waals surface area (Å²) in [6.07, 6.45) is 0.810. The topological polar surface area (TPSA) is 57.2 Å². The van der Waals surface area contributed by atoms with E-state index in [1.165, 1.54) is 4.68 Å². The Balaban J connectivity index is 2.48. The fraction of sp³-hybridized carbons (Fsp3) is 0.267. The number of esters is 1. The number of hydrogen-bond acceptors (Lipinski definition) is 3. The van der Waals surface area contributed by atoms with E-state index in [9.17, 15) is 4.79 Å². The Hall–Kier alpha value is -2.41. The number of nitrogens with two attached hydrogens (primary N) is 1. The van der Waals surface area contributed by atoms with Gasteiger partial charge in [-0.1, -0.05) is 18.8 Å². The predicted octanol–water partition coefficient (Wildman–Crippen LogP) is 2.29. The molecule has 0 saturated heterocycles. The van der Waals surface area contributed by atoms with Crippen LogP contribution in [0.1, 0.15) is 36.3 Å². The number of hydrogen-bond donors (Lipinski definition) is 1. The highest BCUT2D eigenvalue weighted by molar-refractivity contribution is 5.96. The van der Waals surface area contributed by atoms with Gasteiger partial charge in [0.25, 0.3) is 0 Å². The van der Waals surface area contributed by atoms with E-state index in [-0.39, 0.29) is 0 Å². The molecule has 2 aromatic rings. The third-order valence-corrected chi connectivity index (χ3v) is 2.73. The van der Waals surface area contributed by atoms with Crippen LogP contribution in [0.15, 0.2) is 24.3 Å². The van der Waals surface area contributed by atoms with Crippen molar-refractivity contribution in [2.75, 3.05) is 12.4 Å². The standard InChI is InChI=1S/C15H16N2O2/c1-3-5-6-11-7-8-13-12(9-11)10-14(17(13)16)15(18)19-4-2/h7-10H,3-4,16H2,1-2H3. The molecular weight excluding hydrogens is 240 g/mol. The van der Waals surface area contributed by atoms with Gasteiger partial charge in [-0.25, -0.2) is 4.79 Å². The van der Waals surface area contributed by atoms with Crippen molar-refractivity contribution in [3.63, 3.8) is 0 Å². The van der Waals surface area contributed by atoms with Gasteiger partial charge in [-0.15, -0.1) is 0 Å². The quantitative estimate of drug-likeness (QED) is 0.509. The summed E-state index contributed by atoms with van der Waals surface area (Å²) in [5.74, 6) is 11.6. The molecule has 2 N–H and O–H groups in total. The number of ether oxygens (including phenoxy) is 1. The number of nitrogens with zero attached hydrogens (tertiary/aromatic N) is 1. The maximum Gasteiger partial charge on any atom is 0.356 e. The average molecular weight is 256 g/mol. The predicted molar refractivity (Wildman–Crippen MR) is 75.2 cm³/mol. The third kappa shape index (κ3) is 2.55. The molecule has 0 radical (unpaired) electrons. The summed E-state index contributed by atoms with van der Waals surface area (Å²) in [4.78, 5) is 11.7. The van der Waals surface area contributed by atoms with Gasteiger partial charge in [0, 0.05) is 17.4 Å². The molecule has 0 aliphatic carbocycles. The van der Waals surface area contributed by atoms with Crippen LogP contribution in [0.25, 0.3) is 10.9 Å². The van der Waals surface area contributed by atoms with Crippen molar-refractivity contribution in [3.8, 4) is 11.8 Å². The molecule has 0 amide bonds. The highest BCUT2D eigenvalue weighted by atomic mass is 16.5. The number of carbonyl (C=O) groups excluding carboxylic acids is 1. The second-order valence-electron chi connectivity index (χ2n) is 4.05. The van der Waals surface area contributed by atoms with Gasteiger partial charge in [-0.2, -0.15) is 0 Å². The van der Waals surface area contributed by atoms with Gasteiger partial charge < -0.3 is 10.6 Å². The highest BCUT2D eigenvalue weighted by Gasteiger charge is 2.14. The van der Waals surface area contributed by atoms with Crippen molar-refractivity contribution in [1.82, 2.24) is 4.68 Å². The second kappa shape index (κ2) is 5.49. The molecule has 0 unspecified atom stereocenters. The fourth-order valence-corrected chi connectivity index (χ4v) is 1.87. The molecule has 0 atom stereocenters. The molecule has 0 saturated carbocycles. The summed E-state index contributed by atoms with van der Waals surface area (Å²) < 4.78 is 6.32. The molecule has 1 heterocycles. The van der Waals surface area contributed by atoms with Crippen LogP contribution in [0.3, 0.4) is 0 Å². The van der Waals surface area contributed by atoms with E-state index in [1.807, 2.05) is 25.1 Å². The minimum Gasteiger partial charge on any atom is -0.461 e. The normalized spacial score (nSPS) is 10.0. The number of rotatable bonds is 2. The van der Waals surface area contributed by atoms with Gasteiger partial charge in [-0.05, 0) is 31.2 Å². The summed E-state index contributed by atoms with van der Waals surface area (Å²) in [6.45, 7) is 4.09. The first kappa shape index (κ1) is 13.0. The number of fused-ring (bicyclic) bond motifs is 1. The lowest BCUT2D eigenvalue weighted by Crippen LogP contribution is -2.17. The number of nitrogen functional groups attached to an aromatic ring is 1. The Kier molecular flexibility index (Phi) is 3.76. The number of aromatic nitrogens is 1. The molecule has 0 aliphatic heterocycles. The van der Waals surface area contributed by atoms with E-state index in [4.69, 9.17) is 10.6 Å². The first-order valence-corrected chi connectivity index (χ1v) is 6.24. The van der Waals surface area contributed by atoms with E-state index in [2.05, 4.69) is 11.8 Å². The largest absolute Gasteiger partial charge is 0.461 e. The Morgan fingerprint density at radius 2 is 2.16 bits per heavy atom. The minimum absolute atomic E-state index is 0.327. The monoisotopic (exact) mass is 256 g/mol. The molecule has 2 rings (SSSR count). The van der Waals surface area contributed by atoms with E-state index < -0.39 is 5.97 Å². The van der Waals surface area contributed by atoms with Crippen LogP contribution in [0.5, 0.6) is 0 Å². The van der Waals surface area contributed by atoms with Crippen LogP contribution in [-0.2, 0) is 4.74 Å². The molecule has 4 heteroatoms. The second-order valence-corrected chi connectivity index (χ2v) is 4.05. The zero-order valence-corrected chi connectivity index (χ0v) is 11.1. The SMILES string of the molecule is CCC#Cc1ccc2c(c1)cc(C(=O)OCC)n2N. The molecule has 4 nitrogen and oxygen atoms in total. The maximum atomic E-state index is 11.7. The molecular formula is C15H16N2O2. The van der Waals surface area contributed by atoms with Crippen LogP contribution >= 0.6 is 0 Å². The number of benzene rings is 1. The van der Waals surface area contributed by atoms with Crippen LogP contribution in [-0.4, -0.2) is 17.3 Å². The lowest BCUT2D eigenvalue weighted by molar-refractivity contribution is 0.0517. The van der Waals surface area contributed by atoms with Gasteiger partial charge in [0.1, 0.15) is 5.69 Å². The zero-order chi connectivity index (χ0) is 13.8. The Morgan fingerprint density at radius 3 is 2.84 bits per heavy atom. The maximum absolute atomic E-state index is 11.7. The molecule has 0 bridgehead atoms. The van der Waals surface area contributed by atoms with Crippen LogP contribution in [0.4, 0.5) is 0 Å². The smallest absolute Gasteiger partial charge is 0.356 e. The van der Waals surface area contributed by atoms with Crippen LogP contribution < -0.4 is 5.84 Å². The van der Waals surface area contributed by atoms with E-state index >= 15 is 0 Å². The van der Waals surface area contributed by atoms with Gasteiger partial charge >= 0.3 is 5.97 Å². The summed E-state index contributed by atoms with van der Waals surface area (Å²) in [5.41, 5.74) is 2.04. The molecule has 0 fully saturated rings. The Morgan fingerprint density at radius 1 is 1.37 bits per heavy atom. The molecule has 0 aliphatic rings. The van der Waals surface area contributed by atoms with Gasteiger partial charge in [0.15, 0.2) is 0 Å². The minimum atomic E-state index is -0.414. The lowest BCUT2D eigenvalue weighted by Gasteiger charge is -2.03. The first-order valence-electron chi connectivity index (χ1n) is 6.24. The Bertz CT molecular complexity index is 674. The van der Waals surface area contributed by atoms with Gasteiger partial charge in [0.05, 0.1) is 12.1 Å². The first-order chi connectivity index (χ1) is 9.17. The van der Waals surface area contributed by atoms with Crippen LogP contribution in [0, 0.1) is 11.8 Å². The van der Waals surface area contributed by atoms with Crippen LogP contribution in [0.2, 0.25) is 0 Å². The molecule has 19 heavy (non-hydrogen) atoms. The molecule has 1 aromatic carbocycles. The summed E-state index contributed by atoms with van der Waals surface area (Å²) in [5, 5.41) is 0.883. The zero-order valence-electron chi connectivity index (χ0n) is 11.1. The number of carbonyl (C=O) groups is 1. The van der Waals surface area contributed by atoms with E-state index in [1.54, 1.807) is 13.0 Å². The van der Waals surface area contributed by atoms with Crippen molar-refractivity contribution in [2.24, 2.45) is 0 Å². The summed E-state index contributed by atoms with van der Waals surface area (Å²) in [6, 6.07) is 7.40. The summed E-state index contributed by atoms with van der Waals surface area (Å²) in [7, 11) is 0. The molecule has 98 valence electrons. The molecule has 0 spiro atoms. The lowest BCUT2D eigenvalue weighted by atomic mass is 10.1. The summed E-state index contributed by atoms with van der Waals surface area (Å²) >= 11 is 0. The fourth-order valence-electron chi connectivity index (χ4n) is 1.87. The van der Waals surface area contributed by atoms with Gasteiger partial charge in [-0.3, -0.25) is 4.68 Å². The van der Waals surface area contributed by atoms with Crippen molar-refractivity contribution in [1.29, 1.82) is 0 Å². The van der Waals surface area contributed by atoms with E-state index in [0.717, 1.165) is 22.9 Å². The van der Waals surface area contributed by atoms with Crippen molar-refractivity contribution in [3.05, 3.63) is 35.5 Å². The molecule has 1 aromatic heterocycles. The Labute approximate surface area is 112 Å². The average Bonchev–Trinajstić information content (AvgIpc) is 2.74. The van der Waals surface area contributed by atoms with Gasteiger partial charge in [0.2, 0.25) is 0 Å². The van der Waals surface area contributed by atoms with Crippen molar-refractivity contribution >= 4 is 16.9 Å². The highest BCUT2D eigenvalue weighted by Crippen LogP contribution is 2.19. The van der Waals surface area contributed by atoms with E-state index in [0.29, 0.717) is 12.3 Å². The van der Waals surface area contributed by atoms with Crippen molar-refractivity contribution in [2.45, 2.75) is 20.3 Å².